The highest BCUT2D eigenvalue weighted by Gasteiger charge is 2.09. The van der Waals surface area contributed by atoms with Gasteiger partial charge in [-0.2, -0.15) is 0 Å². The number of thiazole rings is 1. The van der Waals surface area contributed by atoms with Crippen LogP contribution in [-0.4, -0.2) is 17.6 Å². The Labute approximate surface area is 129 Å². The Hall–Kier alpha value is -1.30. The van der Waals surface area contributed by atoms with E-state index in [-0.39, 0.29) is 4.88 Å². The molecule has 0 N–H and O–H groups in total. The van der Waals surface area contributed by atoms with E-state index in [0.717, 1.165) is 11.3 Å². The number of aromatic carboxylic acids is 1. The van der Waals surface area contributed by atoms with Gasteiger partial charge in [0.2, 0.25) is 0 Å². The van der Waals surface area contributed by atoms with Gasteiger partial charge in [-0.1, -0.05) is 23.2 Å². The van der Waals surface area contributed by atoms with E-state index in [9.17, 15) is 9.90 Å². The standard InChI is InChI=1S/C13H11Cl2NO3S/c1-7-12(13(17)18)20-11(16-7)4-5-19-10-3-2-8(14)6-9(10)15/h2-3,6H,4-5H2,1H3,(H,17,18)/p-1. The minimum absolute atomic E-state index is 0.157. The van der Waals surface area contributed by atoms with Crippen LogP contribution in [0.3, 0.4) is 0 Å². The third-order valence-electron chi connectivity index (χ3n) is 2.49. The molecule has 4 nitrogen and oxygen atoms in total. The van der Waals surface area contributed by atoms with Crippen LogP contribution in [0, 0.1) is 6.92 Å². The van der Waals surface area contributed by atoms with Crippen molar-refractivity contribution in [3.8, 4) is 5.75 Å². The average molecular weight is 331 g/mol. The molecule has 0 atom stereocenters. The Kier molecular flexibility index (Phi) is 4.86. The molecule has 0 spiro atoms. The first-order chi connectivity index (χ1) is 9.47. The van der Waals surface area contributed by atoms with Crippen molar-refractivity contribution in [2.24, 2.45) is 0 Å². The molecular weight excluding hydrogens is 321 g/mol. The van der Waals surface area contributed by atoms with Gasteiger partial charge in [0, 0.05) is 11.4 Å². The van der Waals surface area contributed by atoms with Crippen molar-refractivity contribution in [1.82, 2.24) is 4.98 Å². The minimum atomic E-state index is -1.20. The van der Waals surface area contributed by atoms with E-state index >= 15 is 0 Å². The fourth-order valence-corrected chi connectivity index (χ4v) is 2.93. The van der Waals surface area contributed by atoms with Gasteiger partial charge in [0.1, 0.15) is 5.75 Å². The van der Waals surface area contributed by atoms with E-state index in [1.165, 1.54) is 0 Å². The van der Waals surface area contributed by atoms with Gasteiger partial charge in [-0.05, 0) is 25.1 Å². The molecule has 1 heterocycles. The third kappa shape index (κ3) is 3.62. The van der Waals surface area contributed by atoms with Crippen molar-refractivity contribution >= 4 is 40.5 Å². The third-order valence-corrected chi connectivity index (χ3v) is 4.22. The van der Waals surface area contributed by atoms with Crippen molar-refractivity contribution in [3.05, 3.63) is 43.8 Å². The predicted molar refractivity (Wildman–Crippen MR) is 76.8 cm³/mol. The number of carboxylic acids is 1. The molecule has 0 saturated carbocycles. The van der Waals surface area contributed by atoms with Crippen molar-refractivity contribution in [1.29, 1.82) is 0 Å². The molecule has 0 unspecified atom stereocenters. The summed E-state index contributed by atoms with van der Waals surface area (Å²) in [6.45, 7) is 1.99. The van der Waals surface area contributed by atoms with Crippen LogP contribution >= 0.6 is 34.5 Å². The number of halogens is 2. The number of ether oxygens (including phenoxy) is 1. The van der Waals surface area contributed by atoms with Crippen LogP contribution in [0.25, 0.3) is 0 Å². The Morgan fingerprint density at radius 1 is 1.45 bits per heavy atom. The van der Waals surface area contributed by atoms with Crippen LogP contribution in [0.1, 0.15) is 20.4 Å². The van der Waals surface area contributed by atoms with Crippen molar-refractivity contribution < 1.29 is 14.6 Å². The Bertz CT molecular complexity index is 643. The maximum atomic E-state index is 10.8. The van der Waals surface area contributed by atoms with Crippen molar-refractivity contribution in [2.75, 3.05) is 6.61 Å². The van der Waals surface area contributed by atoms with Gasteiger partial charge >= 0.3 is 0 Å². The normalized spacial score (nSPS) is 10.6. The fourth-order valence-electron chi connectivity index (χ4n) is 1.59. The maximum absolute atomic E-state index is 10.8. The number of hydrogen-bond donors (Lipinski definition) is 0. The van der Waals surface area contributed by atoms with E-state index < -0.39 is 5.97 Å². The van der Waals surface area contributed by atoms with E-state index in [4.69, 9.17) is 27.9 Å². The smallest absolute Gasteiger partial charge is 0.138 e. The van der Waals surface area contributed by atoms with Gasteiger partial charge in [0.05, 0.1) is 33.2 Å². The molecule has 0 saturated heterocycles. The highest BCUT2D eigenvalue weighted by molar-refractivity contribution is 7.13. The van der Waals surface area contributed by atoms with Gasteiger partial charge in [-0.3, -0.25) is 0 Å². The molecule has 0 aliphatic carbocycles. The van der Waals surface area contributed by atoms with Gasteiger partial charge in [0.25, 0.3) is 0 Å². The quantitative estimate of drug-likeness (QED) is 0.845. The van der Waals surface area contributed by atoms with E-state index in [1.807, 2.05) is 0 Å². The summed E-state index contributed by atoms with van der Waals surface area (Å²) in [7, 11) is 0. The van der Waals surface area contributed by atoms with E-state index in [1.54, 1.807) is 25.1 Å². The zero-order valence-electron chi connectivity index (χ0n) is 10.5. The average Bonchev–Trinajstić information content (AvgIpc) is 2.73. The molecule has 2 rings (SSSR count). The predicted octanol–water partition coefficient (Wildman–Crippen LogP) is 2.74. The SMILES string of the molecule is Cc1nc(CCOc2ccc(Cl)cc2Cl)sc1C(=O)[O-]. The Morgan fingerprint density at radius 2 is 2.20 bits per heavy atom. The maximum Gasteiger partial charge on any atom is 0.138 e. The lowest BCUT2D eigenvalue weighted by atomic mass is 10.3. The molecule has 7 heteroatoms. The Morgan fingerprint density at radius 3 is 2.80 bits per heavy atom. The second-order valence-corrected chi connectivity index (χ2v) is 5.91. The minimum Gasteiger partial charge on any atom is -0.544 e. The van der Waals surface area contributed by atoms with Crippen molar-refractivity contribution in [2.45, 2.75) is 13.3 Å². The summed E-state index contributed by atoms with van der Waals surface area (Å²) in [5.41, 5.74) is 0.467. The number of carbonyl (C=O) groups excluding carboxylic acids is 1. The number of rotatable bonds is 5. The molecule has 0 aliphatic heterocycles. The topological polar surface area (TPSA) is 62.2 Å². The number of carbonyl (C=O) groups is 1. The molecule has 0 radical (unpaired) electrons. The molecule has 20 heavy (non-hydrogen) atoms. The van der Waals surface area contributed by atoms with Crippen LogP contribution < -0.4 is 9.84 Å². The number of nitrogens with zero attached hydrogens (tertiary/aromatic N) is 1. The monoisotopic (exact) mass is 330 g/mol. The van der Waals surface area contributed by atoms with Crippen LogP contribution in [0.15, 0.2) is 18.2 Å². The molecule has 0 amide bonds. The van der Waals surface area contributed by atoms with Crippen LogP contribution in [0.5, 0.6) is 5.75 Å². The summed E-state index contributed by atoms with van der Waals surface area (Å²) in [6.07, 6.45) is 0.498. The summed E-state index contributed by atoms with van der Waals surface area (Å²) in [5, 5.41) is 12.5. The van der Waals surface area contributed by atoms with Crippen molar-refractivity contribution in [3.63, 3.8) is 0 Å². The highest BCUT2D eigenvalue weighted by Crippen LogP contribution is 2.27. The summed E-state index contributed by atoms with van der Waals surface area (Å²) >= 11 is 12.9. The first kappa shape index (κ1) is 15.1. The lowest BCUT2D eigenvalue weighted by molar-refractivity contribution is -0.254. The zero-order chi connectivity index (χ0) is 14.7. The molecular formula is C13H10Cl2NO3S-. The number of hydrogen-bond acceptors (Lipinski definition) is 5. The van der Waals surface area contributed by atoms with Crippen LogP contribution in [-0.2, 0) is 6.42 Å². The Balaban J connectivity index is 1.96. The lowest BCUT2D eigenvalue weighted by Gasteiger charge is -2.06. The molecule has 1 aromatic heterocycles. The summed E-state index contributed by atoms with van der Waals surface area (Å²) < 4.78 is 5.52. The highest BCUT2D eigenvalue weighted by atomic mass is 35.5. The lowest BCUT2D eigenvalue weighted by Crippen LogP contribution is -2.21. The molecule has 0 aliphatic rings. The van der Waals surface area contributed by atoms with Gasteiger partial charge < -0.3 is 14.6 Å². The largest absolute Gasteiger partial charge is 0.544 e. The van der Waals surface area contributed by atoms with Crippen LogP contribution in [0.4, 0.5) is 0 Å². The van der Waals surface area contributed by atoms with Gasteiger partial charge in [-0.15, -0.1) is 11.3 Å². The molecule has 1 aromatic carbocycles. The first-order valence-electron chi connectivity index (χ1n) is 5.73. The number of aryl methyl sites for hydroxylation is 1. The summed E-state index contributed by atoms with van der Waals surface area (Å²) in [4.78, 5) is 15.1. The number of carboxylic acid groups (broad SMARTS) is 1. The summed E-state index contributed by atoms with van der Waals surface area (Å²) in [5.74, 6) is -0.669. The van der Waals surface area contributed by atoms with Gasteiger partial charge in [0.15, 0.2) is 0 Å². The van der Waals surface area contributed by atoms with E-state index in [0.29, 0.717) is 39.5 Å². The second-order valence-electron chi connectivity index (χ2n) is 3.98. The molecule has 106 valence electrons. The first-order valence-corrected chi connectivity index (χ1v) is 7.30. The fraction of sp³-hybridized carbons (Fsp3) is 0.231. The molecule has 0 bridgehead atoms. The summed E-state index contributed by atoms with van der Waals surface area (Å²) in [6, 6.07) is 4.97. The van der Waals surface area contributed by atoms with Crippen LogP contribution in [0.2, 0.25) is 10.0 Å². The van der Waals surface area contributed by atoms with Gasteiger partial charge in [-0.25, -0.2) is 4.98 Å². The molecule has 2 aromatic rings. The second kappa shape index (κ2) is 6.43. The van der Waals surface area contributed by atoms with E-state index in [2.05, 4.69) is 4.98 Å². The number of aromatic nitrogens is 1. The zero-order valence-corrected chi connectivity index (χ0v) is 12.8. The number of benzene rings is 1. The molecule has 0 fully saturated rings.